The van der Waals surface area contributed by atoms with E-state index in [2.05, 4.69) is 35.1 Å². The van der Waals surface area contributed by atoms with Crippen LogP contribution in [0.15, 0.2) is 12.3 Å². The molecule has 0 radical (unpaired) electrons. The van der Waals surface area contributed by atoms with Crippen molar-refractivity contribution in [2.75, 3.05) is 25.1 Å². The predicted molar refractivity (Wildman–Crippen MR) is 85.7 cm³/mol. The zero-order valence-corrected chi connectivity index (χ0v) is 13.5. The lowest BCUT2D eigenvalue weighted by Crippen LogP contribution is -2.47. The van der Waals surface area contributed by atoms with E-state index >= 15 is 0 Å². The average Bonchev–Trinajstić information content (AvgIpc) is 3.30. The number of ether oxygens (including phenoxy) is 1. The molecule has 1 aromatic rings. The molecule has 0 aromatic carbocycles. The molecule has 21 heavy (non-hydrogen) atoms. The molecular weight excluding hydrogens is 262 g/mol. The van der Waals surface area contributed by atoms with Crippen LogP contribution in [0.3, 0.4) is 0 Å². The van der Waals surface area contributed by atoms with E-state index in [1.807, 2.05) is 13.3 Å². The van der Waals surface area contributed by atoms with Gasteiger partial charge in [0.15, 0.2) is 0 Å². The number of hydrogen-bond acceptors (Lipinski definition) is 4. The smallest absolute Gasteiger partial charge is 0.0825 e. The van der Waals surface area contributed by atoms with Gasteiger partial charge < -0.3 is 15.0 Å². The van der Waals surface area contributed by atoms with Crippen molar-refractivity contribution < 1.29 is 4.74 Å². The molecule has 1 atom stereocenters. The van der Waals surface area contributed by atoms with Gasteiger partial charge in [-0.2, -0.15) is 0 Å². The summed E-state index contributed by atoms with van der Waals surface area (Å²) in [6.07, 6.45) is 7.00. The molecule has 1 N–H and O–H groups in total. The van der Waals surface area contributed by atoms with E-state index in [0.717, 1.165) is 37.8 Å². The minimum Gasteiger partial charge on any atom is -0.377 e. The summed E-state index contributed by atoms with van der Waals surface area (Å²) in [5.41, 5.74) is 3.70. The van der Waals surface area contributed by atoms with Crippen molar-refractivity contribution in [3.8, 4) is 0 Å². The summed E-state index contributed by atoms with van der Waals surface area (Å²) in [5, 5.41) is 3.61. The largest absolute Gasteiger partial charge is 0.377 e. The number of rotatable bonds is 5. The number of aryl methyl sites for hydroxylation is 1. The van der Waals surface area contributed by atoms with Crippen molar-refractivity contribution >= 4 is 5.69 Å². The molecule has 2 heterocycles. The van der Waals surface area contributed by atoms with Crippen LogP contribution in [0.5, 0.6) is 0 Å². The highest BCUT2D eigenvalue weighted by molar-refractivity contribution is 5.54. The summed E-state index contributed by atoms with van der Waals surface area (Å²) >= 11 is 0. The molecule has 1 saturated carbocycles. The third-order valence-corrected chi connectivity index (χ3v) is 4.75. The van der Waals surface area contributed by atoms with Gasteiger partial charge in [-0.25, -0.2) is 0 Å². The molecule has 1 unspecified atom stereocenters. The summed E-state index contributed by atoms with van der Waals surface area (Å²) in [7, 11) is 1.83. The molecule has 4 nitrogen and oxygen atoms in total. The molecule has 2 aliphatic rings. The minimum atomic E-state index is -0.0311. The Morgan fingerprint density at radius 1 is 1.48 bits per heavy atom. The SMILES string of the molecule is COC1(C)CCCN(c2cc(C)ncc2CNC2CC2)C1. The first-order valence-electron chi connectivity index (χ1n) is 8.09. The maximum atomic E-state index is 5.74. The van der Waals surface area contributed by atoms with E-state index in [0.29, 0.717) is 0 Å². The van der Waals surface area contributed by atoms with E-state index < -0.39 is 0 Å². The molecule has 1 aromatic heterocycles. The first kappa shape index (κ1) is 14.8. The predicted octanol–water partition coefficient (Wildman–Crippen LogP) is 2.65. The highest BCUT2D eigenvalue weighted by Crippen LogP contribution is 2.31. The Morgan fingerprint density at radius 3 is 3.00 bits per heavy atom. The van der Waals surface area contributed by atoms with E-state index in [1.165, 1.54) is 30.5 Å². The van der Waals surface area contributed by atoms with Crippen LogP contribution in [0.2, 0.25) is 0 Å². The molecule has 0 bridgehead atoms. The molecule has 0 amide bonds. The molecule has 1 saturated heterocycles. The van der Waals surface area contributed by atoms with Gasteiger partial charge in [0.1, 0.15) is 0 Å². The van der Waals surface area contributed by atoms with Gasteiger partial charge in [0.05, 0.1) is 5.60 Å². The highest BCUT2D eigenvalue weighted by atomic mass is 16.5. The summed E-state index contributed by atoms with van der Waals surface area (Å²) < 4.78 is 5.74. The molecule has 0 spiro atoms. The number of aromatic nitrogens is 1. The Hall–Kier alpha value is -1.13. The maximum absolute atomic E-state index is 5.74. The number of pyridine rings is 1. The lowest BCUT2D eigenvalue weighted by Gasteiger charge is -2.41. The number of nitrogens with one attached hydrogen (secondary N) is 1. The summed E-state index contributed by atoms with van der Waals surface area (Å²) in [6.45, 7) is 7.28. The Balaban J connectivity index is 1.79. The van der Waals surface area contributed by atoms with Crippen LogP contribution in [-0.2, 0) is 11.3 Å². The van der Waals surface area contributed by atoms with Gasteiger partial charge in [-0.1, -0.05) is 0 Å². The van der Waals surface area contributed by atoms with Crippen LogP contribution in [-0.4, -0.2) is 36.8 Å². The zero-order chi connectivity index (χ0) is 14.9. The Labute approximate surface area is 127 Å². The van der Waals surface area contributed by atoms with Crippen molar-refractivity contribution in [1.82, 2.24) is 10.3 Å². The average molecular weight is 289 g/mol. The van der Waals surface area contributed by atoms with Crippen molar-refractivity contribution in [3.63, 3.8) is 0 Å². The molecule has 4 heteroatoms. The second kappa shape index (κ2) is 5.93. The lowest BCUT2D eigenvalue weighted by atomic mass is 9.94. The minimum absolute atomic E-state index is 0.0311. The summed E-state index contributed by atoms with van der Waals surface area (Å²) in [5.74, 6) is 0. The van der Waals surface area contributed by atoms with E-state index in [4.69, 9.17) is 4.74 Å². The molecule has 116 valence electrons. The van der Waals surface area contributed by atoms with Crippen molar-refractivity contribution in [2.24, 2.45) is 0 Å². The van der Waals surface area contributed by atoms with Gasteiger partial charge in [-0.05, 0) is 45.6 Å². The fraction of sp³-hybridized carbons (Fsp3) is 0.706. The van der Waals surface area contributed by atoms with Gasteiger partial charge in [-0.15, -0.1) is 0 Å². The van der Waals surface area contributed by atoms with Crippen molar-refractivity contribution in [1.29, 1.82) is 0 Å². The number of hydrogen-bond donors (Lipinski definition) is 1. The molecule has 3 rings (SSSR count). The lowest BCUT2D eigenvalue weighted by molar-refractivity contribution is -0.00469. The zero-order valence-electron chi connectivity index (χ0n) is 13.5. The summed E-state index contributed by atoms with van der Waals surface area (Å²) in [4.78, 5) is 6.97. The van der Waals surface area contributed by atoms with Crippen LogP contribution in [0, 0.1) is 6.92 Å². The van der Waals surface area contributed by atoms with Crippen LogP contribution >= 0.6 is 0 Å². The van der Waals surface area contributed by atoms with Gasteiger partial charge in [0.2, 0.25) is 0 Å². The monoisotopic (exact) mass is 289 g/mol. The Bertz CT molecular complexity index is 501. The van der Waals surface area contributed by atoms with Gasteiger partial charge >= 0.3 is 0 Å². The van der Waals surface area contributed by atoms with Crippen molar-refractivity contribution in [3.05, 3.63) is 23.5 Å². The molecular formula is C17H27N3O. The molecule has 2 fully saturated rings. The quantitative estimate of drug-likeness (QED) is 0.904. The van der Waals surface area contributed by atoms with Gasteiger partial charge in [0, 0.05) is 55.9 Å². The van der Waals surface area contributed by atoms with Gasteiger partial charge in [0.25, 0.3) is 0 Å². The fourth-order valence-corrected chi connectivity index (χ4v) is 3.12. The molecule has 1 aliphatic heterocycles. The topological polar surface area (TPSA) is 37.4 Å². The fourth-order valence-electron chi connectivity index (χ4n) is 3.12. The Kier molecular flexibility index (Phi) is 4.18. The normalized spacial score (nSPS) is 26.1. The number of piperidine rings is 1. The summed E-state index contributed by atoms with van der Waals surface area (Å²) in [6, 6.07) is 2.95. The van der Waals surface area contributed by atoms with E-state index in [9.17, 15) is 0 Å². The first-order chi connectivity index (χ1) is 10.1. The standard InChI is InChI=1S/C17H27N3O/c1-13-9-16(14(10-18-13)11-19-15-5-6-15)20-8-4-7-17(2,12-20)21-3/h9-10,15,19H,4-8,11-12H2,1-3H3. The first-order valence-corrected chi connectivity index (χ1v) is 8.09. The second-order valence-corrected chi connectivity index (χ2v) is 6.79. The highest BCUT2D eigenvalue weighted by Gasteiger charge is 2.32. The number of methoxy groups -OCH3 is 1. The van der Waals surface area contributed by atoms with Crippen LogP contribution in [0.1, 0.15) is 43.9 Å². The van der Waals surface area contributed by atoms with E-state index in [-0.39, 0.29) is 5.60 Å². The van der Waals surface area contributed by atoms with Crippen LogP contribution < -0.4 is 10.2 Å². The molecule has 1 aliphatic carbocycles. The third kappa shape index (κ3) is 3.55. The number of nitrogens with zero attached hydrogens (tertiary/aromatic N) is 2. The van der Waals surface area contributed by atoms with Crippen LogP contribution in [0.25, 0.3) is 0 Å². The number of anilines is 1. The second-order valence-electron chi connectivity index (χ2n) is 6.79. The third-order valence-electron chi connectivity index (χ3n) is 4.75. The van der Waals surface area contributed by atoms with Crippen LogP contribution in [0.4, 0.5) is 5.69 Å². The Morgan fingerprint density at radius 2 is 2.29 bits per heavy atom. The van der Waals surface area contributed by atoms with E-state index in [1.54, 1.807) is 0 Å². The van der Waals surface area contributed by atoms with Crippen molar-refractivity contribution in [2.45, 2.75) is 57.7 Å². The van der Waals surface area contributed by atoms with Gasteiger partial charge in [-0.3, -0.25) is 4.98 Å². The maximum Gasteiger partial charge on any atom is 0.0825 e.